The van der Waals surface area contributed by atoms with E-state index in [1.807, 2.05) is 47.7 Å². The molecular formula is C16H24BNO3S. The average molecular weight is 321 g/mol. The number of carbonyl (C=O) groups is 1. The van der Waals surface area contributed by atoms with Gasteiger partial charge in [0.05, 0.1) is 16.1 Å². The molecule has 0 aromatic carbocycles. The van der Waals surface area contributed by atoms with Crippen molar-refractivity contribution in [1.29, 1.82) is 0 Å². The molecule has 2 heterocycles. The van der Waals surface area contributed by atoms with Crippen LogP contribution in [0.4, 0.5) is 0 Å². The smallest absolute Gasteiger partial charge is 0.400 e. The SMILES string of the molecule is CNCC(=Cc1sc(C=O)cc1C)B1OC(C)(C)C(C)(C)O1. The predicted octanol–water partition coefficient (Wildman–Crippen LogP) is 3.10. The molecule has 120 valence electrons. The molecule has 0 aliphatic carbocycles. The van der Waals surface area contributed by atoms with Gasteiger partial charge in [-0.25, -0.2) is 0 Å². The van der Waals surface area contributed by atoms with E-state index in [2.05, 4.69) is 11.4 Å². The largest absolute Gasteiger partial charge is 0.491 e. The summed E-state index contributed by atoms with van der Waals surface area (Å²) >= 11 is 1.49. The third-order valence-corrected chi connectivity index (χ3v) is 5.45. The number of hydrogen-bond acceptors (Lipinski definition) is 5. The molecule has 0 bridgehead atoms. The van der Waals surface area contributed by atoms with Crippen LogP contribution in [-0.4, -0.2) is 38.2 Å². The van der Waals surface area contributed by atoms with Crippen molar-refractivity contribution in [2.24, 2.45) is 0 Å². The van der Waals surface area contributed by atoms with Gasteiger partial charge in [-0.2, -0.15) is 0 Å². The fourth-order valence-electron chi connectivity index (χ4n) is 2.29. The van der Waals surface area contributed by atoms with Crippen molar-refractivity contribution < 1.29 is 14.1 Å². The minimum atomic E-state index is -0.376. The number of aldehydes is 1. The van der Waals surface area contributed by atoms with E-state index in [4.69, 9.17) is 9.31 Å². The molecule has 0 saturated carbocycles. The first-order valence-electron chi connectivity index (χ1n) is 7.46. The zero-order valence-corrected chi connectivity index (χ0v) is 15.0. The second-order valence-corrected chi connectivity index (χ2v) is 7.77. The Hall–Kier alpha value is -0.945. The zero-order chi connectivity index (χ0) is 16.5. The maximum absolute atomic E-state index is 10.9. The van der Waals surface area contributed by atoms with Gasteiger partial charge in [-0.05, 0) is 64.8 Å². The molecule has 1 aromatic rings. The van der Waals surface area contributed by atoms with Crippen LogP contribution >= 0.6 is 11.3 Å². The van der Waals surface area contributed by atoms with E-state index in [1.165, 1.54) is 11.3 Å². The second-order valence-electron chi connectivity index (χ2n) is 6.65. The lowest BCUT2D eigenvalue weighted by Crippen LogP contribution is -2.41. The van der Waals surface area contributed by atoms with Crippen LogP contribution in [0.5, 0.6) is 0 Å². The summed E-state index contributed by atoms with van der Waals surface area (Å²) in [5.74, 6) is 0. The molecule has 0 unspecified atom stereocenters. The molecule has 22 heavy (non-hydrogen) atoms. The molecule has 2 rings (SSSR count). The standard InChI is InChI=1S/C16H24BNO3S/c1-11-7-13(10-19)22-14(11)8-12(9-18-6)17-20-15(2,3)16(4,5)21-17/h7-8,10,18H,9H2,1-6H3. The lowest BCUT2D eigenvalue weighted by atomic mass is 9.77. The van der Waals surface area contributed by atoms with Gasteiger partial charge in [0.1, 0.15) is 0 Å². The van der Waals surface area contributed by atoms with Crippen LogP contribution in [-0.2, 0) is 9.31 Å². The predicted molar refractivity (Wildman–Crippen MR) is 92.4 cm³/mol. The van der Waals surface area contributed by atoms with E-state index in [0.29, 0.717) is 6.54 Å². The van der Waals surface area contributed by atoms with Gasteiger partial charge < -0.3 is 14.6 Å². The van der Waals surface area contributed by atoms with Crippen LogP contribution in [0.3, 0.4) is 0 Å². The van der Waals surface area contributed by atoms with Gasteiger partial charge in [-0.15, -0.1) is 11.3 Å². The number of nitrogens with one attached hydrogen (secondary N) is 1. The summed E-state index contributed by atoms with van der Waals surface area (Å²) in [5.41, 5.74) is 1.41. The van der Waals surface area contributed by atoms with Gasteiger partial charge in [0.2, 0.25) is 0 Å². The molecule has 0 spiro atoms. The normalized spacial score (nSPS) is 20.5. The van der Waals surface area contributed by atoms with Gasteiger partial charge in [0.15, 0.2) is 6.29 Å². The van der Waals surface area contributed by atoms with Crippen LogP contribution in [0, 0.1) is 6.92 Å². The van der Waals surface area contributed by atoms with E-state index >= 15 is 0 Å². The number of hydrogen-bond donors (Lipinski definition) is 1. The monoisotopic (exact) mass is 321 g/mol. The van der Waals surface area contributed by atoms with Crippen LogP contribution in [0.15, 0.2) is 11.5 Å². The highest BCUT2D eigenvalue weighted by atomic mass is 32.1. The molecule has 0 atom stereocenters. The highest BCUT2D eigenvalue weighted by Crippen LogP contribution is 2.39. The minimum absolute atomic E-state index is 0.358. The third kappa shape index (κ3) is 3.35. The molecule has 1 aliphatic rings. The fourth-order valence-corrected chi connectivity index (χ4v) is 3.26. The molecule has 1 fully saturated rings. The van der Waals surface area contributed by atoms with E-state index in [1.54, 1.807) is 0 Å². The van der Waals surface area contributed by atoms with Crippen molar-refractivity contribution in [2.75, 3.05) is 13.6 Å². The number of aryl methyl sites for hydroxylation is 1. The Morgan fingerprint density at radius 1 is 1.32 bits per heavy atom. The Balaban J connectivity index is 2.32. The Morgan fingerprint density at radius 2 is 1.91 bits per heavy atom. The minimum Gasteiger partial charge on any atom is -0.400 e. The molecule has 6 heteroatoms. The summed E-state index contributed by atoms with van der Waals surface area (Å²) in [4.78, 5) is 12.7. The number of rotatable bonds is 5. The third-order valence-electron chi connectivity index (χ3n) is 4.34. The van der Waals surface area contributed by atoms with E-state index in [9.17, 15) is 4.79 Å². The molecule has 0 radical (unpaired) electrons. The van der Waals surface area contributed by atoms with Crippen molar-refractivity contribution in [3.05, 3.63) is 26.9 Å². The van der Waals surface area contributed by atoms with Crippen LogP contribution < -0.4 is 5.32 Å². The Kier molecular flexibility index (Phi) is 4.97. The molecular weight excluding hydrogens is 297 g/mol. The number of thiophene rings is 1. The van der Waals surface area contributed by atoms with Gasteiger partial charge >= 0.3 is 7.12 Å². The van der Waals surface area contributed by atoms with Crippen molar-refractivity contribution in [3.63, 3.8) is 0 Å². The molecule has 1 N–H and O–H groups in total. The van der Waals surface area contributed by atoms with Crippen molar-refractivity contribution in [2.45, 2.75) is 45.8 Å². The Morgan fingerprint density at radius 3 is 2.36 bits per heavy atom. The molecule has 0 amide bonds. The summed E-state index contributed by atoms with van der Waals surface area (Å²) in [6.45, 7) is 10.9. The molecule has 1 aliphatic heterocycles. The highest BCUT2D eigenvalue weighted by molar-refractivity contribution is 7.14. The van der Waals surface area contributed by atoms with Crippen LogP contribution in [0.2, 0.25) is 0 Å². The van der Waals surface area contributed by atoms with Gasteiger partial charge in [0, 0.05) is 11.4 Å². The van der Waals surface area contributed by atoms with Crippen molar-refractivity contribution >= 4 is 30.8 Å². The Labute approximate surface area is 137 Å². The maximum Gasteiger partial charge on any atom is 0.491 e. The summed E-state index contributed by atoms with van der Waals surface area (Å²) < 4.78 is 12.3. The molecule has 4 nitrogen and oxygen atoms in total. The first-order chi connectivity index (χ1) is 10.2. The van der Waals surface area contributed by atoms with Gasteiger partial charge in [-0.1, -0.05) is 0 Å². The molecule has 1 saturated heterocycles. The summed E-state index contributed by atoms with van der Waals surface area (Å²) in [6.07, 6.45) is 2.97. The quantitative estimate of drug-likeness (QED) is 0.669. The van der Waals surface area contributed by atoms with E-state index in [0.717, 1.165) is 27.1 Å². The number of carbonyl (C=O) groups excluding carboxylic acids is 1. The first kappa shape index (κ1) is 17.4. The lowest BCUT2D eigenvalue weighted by Gasteiger charge is -2.32. The van der Waals surface area contributed by atoms with Crippen LogP contribution in [0.25, 0.3) is 6.08 Å². The van der Waals surface area contributed by atoms with E-state index < -0.39 is 0 Å². The lowest BCUT2D eigenvalue weighted by molar-refractivity contribution is 0.00578. The van der Waals surface area contributed by atoms with Gasteiger partial charge in [-0.3, -0.25) is 4.79 Å². The average Bonchev–Trinajstić information content (AvgIpc) is 2.87. The maximum atomic E-state index is 10.9. The van der Waals surface area contributed by atoms with Crippen LogP contribution in [0.1, 0.15) is 47.8 Å². The Bertz CT molecular complexity index is 576. The van der Waals surface area contributed by atoms with Crippen molar-refractivity contribution in [3.8, 4) is 0 Å². The number of likely N-dealkylation sites (N-methyl/N-ethyl adjacent to an activating group) is 1. The zero-order valence-electron chi connectivity index (χ0n) is 14.1. The van der Waals surface area contributed by atoms with E-state index in [-0.39, 0.29) is 18.3 Å². The molecule has 1 aromatic heterocycles. The van der Waals surface area contributed by atoms with Crippen molar-refractivity contribution in [1.82, 2.24) is 5.32 Å². The fraction of sp³-hybridized carbons (Fsp3) is 0.562. The topological polar surface area (TPSA) is 47.6 Å². The summed E-state index contributed by atoms with van der Waals surface area (Å²) in [5, 5.41) is 3.17. The first-order valence-corrected chi connectivity index (χ1v) is 8.28. The second kappa shape index (κ2) is 6.28. The summed E-state index contributed by atoms with van der Waals surface area (Å²) in [7, 11) is 1.52. The highest BCUT2D eigenvalue weighted by Gasteiger charge is 2.52. The van der Waals surface area contributed by atoms with Gasteiger partial charge in [0.25, 0.3) is 0 Å². The summed E-state index contributed by atoms with van der Waals surface area (Å²) in [6, 6.07) is 1.91.